The highest BCUT2D eigenvalue weighted by Crippen LogP contribution is 2.26. The van der Waals surface area contributed by atoms with E-state index in [0.29, 0.717) is 6.61 Å². The first-order valence-electron chi connectivity index (χ1n) is 9.30. The van der Waals surface area contributed by atoms with Crippen molar-refractivity contribution in [1.29, 1.82) is 0 Å². The van der Waals surface area contributed by atoms with Crippen LogP contribution in [0.25, 0.3) is 23.1 Å². The summed E-state index contributed by atoms with van der Waals surface area (Å²) in [6.07, 6.45) is 6.19. The van der Waals surface area contributed by atoms with Gasteiger partial charge < -0.3 is 4.74 Å². The fraction of sp³-hybridized carbons (Fsp3) is 0.0800. The Hall–Kier alpha value is -2.75. The Balaban J connectivity index is 1.56. The molecule has 4 aromatic rings. The summed E-state index contributed by atoms with van der Waals surface area (Å²) in [5.41, 5.74) is 3.98. The molecule has 4 heteroatoms. The van der Waals surface area contributed by atoms with Crippen molar-refractivity contribution < 1.29 is 4.74 Å². The summed E-state index contributed by atoms with van der Waals surface area (Å²) >= 11 is 7.70. The molecule has 0 saturated carbocycles. The molecule has 1 aromatic heterocycles. The number of aromatic nitrogens is 1. The van der Waals surface area contributed by atoms with Gasteiger partial charge >= 0.3 is 0 Å². The Morgan fingerprint density at radius 1 is 0.897 bits per heavy atom. The van der Waals surface area contributed by atoms with Crippen molar-refractivity contribution in [2.24, 2.45) is 0 Å². The van der Waals surface area contributed by atoms with Crippen LogP contribution in [0.1, 0.15) is 16.8 Å². The van der Waals surface area contributed by atoms with E-state index >= 15 is 0 Å². The van der Waals surface area contributed by atoms with Crippen LogP contribution in [0, 0.1) is 0 Å². The number of halogens is 1. The van der Waals surface area contributed by atoms with Crippen LogP contribution in [0.3, 0.4) is 0 Å². The van der Waals surface area contributed by atoms with Crippen LogP contribution in [0.2, 0.25) is 5.02 Å². The third-order valence-electron chi connectivity index (χ3n) is 4.57. The number of benzene rings is 3. The summed E-state index contributed by atoms with van der Waals surface area (Å²) in [7, 11) is 0. The van der Waals surface area contributed by atoms with E-state index in [0.717, 1.165) is 38.5 Å². The fourth-order valence-corrected chi connectivity index (χ4v) is 3.52. The highest BCUT2D eigenvalue weighted by atomic mass is 35.5. The molecule has 0 aliphatic rings. The molecule has 4 rings (SSSR count). The van der Waals surface area contributed by atoms with Gasteiger partial charge in [0.1, 0.15) is 17.9 Å². The minimum Gasteiger partial charge on any atom is -0.487 e. The van der Waals surface area contributed by atoms with Crippen molar-refractivity contribution in [1.82, 2.24) is 4.98 Å². The summed E-state index contributed by atoms with van der Waals surface area (Å²) in [6.45, 7) is 0.472. The van der Waals surface area contributed by atoms with Crippen LogP contribution in [0.4, 0.5) is 0 Å². The molecule has 0 amide bonds. The van der Waals surface area contributed by atoms with Crippen molar-refractivity contribution in [3.05, 3.63) is 101 Å². The molecule has 0 N–H and O–H groups in total. The largest absolute Gasteiger partial charge is 0.487 e. The zero-order valence-corrected chi connectivity index (χ0v) is 17.6. The topological polar surface area (TPSA) is 22.1 Å². The van der Waals surface area contributed by atoms with Crippen molar-refractivity contribution in [3.63, 3.8) is 0 Å². The number of hydrogen-bond donors (Lipinski definition) is 0. The number of fused-ring (bicyclic) bond motifs is 1. The first-order valence-corrected chi connectivity index (χ1v) is 10.9. The first kappa shape index (κ1) is 19.6. The molecule has 29 heavy (non-hydrogen) atoms. The lowest BCUT2D eigenvalue weighted by molar-refractivity contribution is 0.309. The van der Waals surface area contributed by atoms with Crippen LogP contribution in [0.5, 0.6) is 5.75 Å². The standard InChI is InChI=1S/C25H20ClNOS/c1-29-23-15-8-18(9-16-23)7-13-22-14-10-20-3-2-4-24(25(20)27-22)28-17-19-5-11-21(26)12-6-19/h2-16H,17H2,1H3. The molecular formula is C25H20ClNOS. The SMILES string of the molecule is CSc1ccc(C=Cc2ccc3cccc(OCc4ccc(Cl)cc4)c3n2)cc1. The van der Waals surface area contributed by atoms with Gasteiger partial charge in [-0.15, -0.1) is 11.8 Å². The summed E-state index contributed by atoms with van der Waals surface area (Å²) in [4.78, 5) is 6.07. The number of rotatable bonds is 6. The Kier molecular flexibility index (Phi) is 6.18. The molecule has 0 spiro atoms. The van der Waals surface area contributed by atoms with Crippen LogP contribution >= 0.6 is 23.4 Å². The molecule has 0 unspecified atom stereocenters. The van der Waals surface area contributed by atoms with Gasteiger partial charge in [0, 0.05) is 15.3 Å². The van der Waals surface area contributed by atoms with Gasteiger partial charge in [0.2, 0.25) is 0 Å². The smallest absolute Gasteiger partial charge is 0.146 e. The van der Waals surface area contributed by atoms with Gasteiger partial charge in [-0.3, -0.25) is 0 Å². The van der Waals surface area contributed by atoms with Crippen LogP contribution in [0.15, 0.2) is 83.8 Å². The third kappa shape index (κ3) is 5.00. The number of para-hydroxylation sites is 1. The van der Waals surface area contributed by atoms with Crippen LogP contribution in [-0.2, 0) is 6.61 Å². The summed E-state index contributed by atoms with van der Waals surface area (Å²) in [5.74, 6) is 0.775. The van der Waals surface area contributed by atoms with E-state index in [-0.39, 0.29) is 0 Å². The highest BCUT2D eigenvalue weighted by Gasteiger charge is 2.05. The second-order valence-corrected chi connectivity index (χ2v) is 7.90. The predicted octanol–water partition coefficient (Wildman–Crippen LogP) is 7.36. The average Bonchev–Trinajstić information content (AvgIpc) is 2.77. The molecule has 0 radical (unpaired) electrons. The average molecular weight is 418 g/mol. The summed E-state index contributed by atoms with van der Waals surface area (Å²) in [5, 5.41) is 1.78. The van der Waals surface area contributed by atoms with Crippen molar-refractivity contribution in [3.8, 4) is 5.75 Å². The van der Waals surface area contributed by atoms with Crippen molar-refractivity contribution >= 4 is 46.4 Å². The molecule has 3 aromatic carbocycles. The molecule has 0 fully saturated rings. The van der Waals surface area contributed by atoms with E-state index in [1.54, 1.807) is 11.8 Å². The summed E-state index contributed by atoms with van der Waals surface area (Å²) < 4.78 is 6.06. The fourth-order valence-electron chi connectivity index (χ4n) is 2.98. The quantitative estimate of drug-likeness (QED) is 0.306. The van der Waals surface area contributed by atoms with E-state index in [1.807, 2.05) is 54.6 Å². The maximum absolute atomic E-state index is 6.06. The van der Waals surface area contributed by atoms with Crippen molar-refractivity contribution in [2.75, 3.05) is 6.26 Å². The molecule has 0 bridgehead atoms. The molecule has 2 nitrogen and oxygen atoms in total. The maximum atomic E-state index is 6.06. The molecule has 0 aliphatic carbocycles. The molecule has 0 aliphatic heterocycles. The van der Waals surface area contributed by atoms with Gasteiger partial charge in [-0.1, -0.05) is 60.1 Å². The van der Waals surface area contributed by atoms with E-state index < -0.39 is 0 Å². The lowest BCUT2D eigenvalue weighted by Crippen LogP contribution is -1.97. The van der Waals surface area contributed by atoms with Crippen LogP contribution in [-0.4, -0.2) is 11.2 Å². The van der Waals surface area contributed by atoms with E-state index in [4.69, 9.17) is 21.3 Å². The number of thioether (sulfide) groups is 1. The van der Waals surface area contributed by atoms with Crippen LogP contribution < -0.4 is 4.74 Å². The van der Waals surface area contributed by atoms with E-state index in [9.17, 15) is 0 Å². The van der Waals surface area contributed by atoms with Crippen molar-refractivity contribution in [2.45, 2.75) is 11.5 Å². The summed E-state index contributed by atoms with van der Waals surface area (Å²) in [6, 6.07) is 26.3. The zero-order valence-electron chi connectivity index (χ0n) is 16.0. The zero-order chi connectivity index (χ0) is 20.1. The Bertz CT molecular complexity index is 1140. The maximum Gasteiger partial charge on any atom is 0.146 e. The van der Waals surface area contributed by atoms with Gasteiger partial charge in [0.25, 0.3) is 0 Å². The minimum atomic E-state index is 0.472. The molecule has 0 atom stereocenters. The number of hydrogen-bond acceptors (Lipinski definition) is 3. The lowest BCUT2D eigenvalue weighted by Gasteiger charge is -2.09. The monoisotopic (exact) mass is 417 g/mol. The number of ether oxygens (including phenoxy) is 1. The third-order valence-corrected chi connectivity index (χ3v) is 5.57. The van der Waals surface area contributed by atoms with Gasteiger partial charge in [0.05, 0.1) is 5.69 Å². The second kappa shape index (κ2) is 9.17. The van der Waals surface area contributed by atoms with Gasteiger partial charge in [0.15, 0.2) is 0 Å². The van der Waals surface area contributed by atoms with Gasteiger partial charge in [-0.05, 0) is 59.9 Å². The van der Waals surface area contributed by atoms with E-state index in [2.05, 4.69) is 42.7 Å². The normalized spacial score (nSPS) is 11.2. The second-order valence-electron chi connectivity index (χ2n) is 6.59. The Labute approximate surface area is 180 Å². The Morgan fingerprint density at radius 3 is 2.45 bits per heavy atom. The van der Waals surface area contributed by atoms with Gasteiger partial charge in [-0.25, -0.2) is 4.98 Å². The lowest BCUT2D eigenvalue weighted by atomic mass is 10.1. The van der Waals surface area contributed by atoms with Gasteiger partial charge in [-0.2, -0.15) is 0 Å². The Morgan fingerprint density at radius 2 is 1.69 bits per heavy atom. The minimum absolute atomic E-state index is 0.472. The van der Waals surface area contributed by atoms with E-state index in [1.165, 1.54) is 4.90 Å². The first-order chi connectivity index (χ1) is 14.2. The number of nitrogens with zero attached hydrogens (tertiary/aromatic N) is 1. The molecule has 144 valence electrons. The molecule has 0 saturated heterocycles. The number of pyridine rings is 1. The molecule has 1 heterocycles. The predicted molar refractivity (Wildman–Crippen MR) is 125 cm³/mol. The highest BCUT2D eigenvalue weighted by molar-refractivity contribution is 7.98. The molecular weight excluding hydrogens is 398 g/mol.